The quantitative estimate of drug-likeness (QED) is 0.295. The number of hydrogen-bond acceptors (Lipinski definition) is 0. The van der Waals surface area contributed by atoms with Gasteiger partial charge in [0.05, 0.1) is 5.52 Å². The average Bonchev–Trinajstić information content (AvgIpc) is 3.32. The van der Waals surface area contributed by atoms with Gasteiger partial charge in [-0.1, -0.05) is 86.6 Å². The monoisotopic (exact) mass is 385 g/mol. The van der Waals surface area contributed by atoms with Gasteiger partial charge in [0.15, 0.2) is 0 Å². The van der Waals surface area contributed by atoms with Crippen LogP contribution in [0.25, 0.3) is 38.8 Å². The molecule has 0 aliphatic heterocycles. The molecule has 0 amide bonds. The predicted octanol–water partition coefficient (Wildman–Crippen LogP) is 7.60. The van der Waals surface area contributed by atoms with E-state index in [2.05, 4.69) is 122 Å². The van der Waals surface area contributed by atoms with Crippen LogP contribution >= 0.6 is 0 Å². The fourth-order valence-corrected chi connectivity index (χ4v) is 5.11. The molecule has 1 heteroatoms. The van der Waals surface area contributed by atoms with Crippen molar-refractivity contribution in [3.05, 3.63) is 114 Å². The van der Waals surface area contributed by atoms with E-state index in [1.165, 1.54) is 50.0 Å². The number of aromatic nitrogens is 1. The van der Waals surface area contributed by atoms with Crippen LogP contribution in [0, 0.1) is 0 Å². The summed E-state index contributed by atoms with van der Waals surface area (Å²) >= 11 is 0. The van der Waals surface area contributed by atoms with Crippen molar-refractivity contribution in [2.75, 3.05) is 0 Å². The van der Waals surface area contributed by atoms with Crippen LogP contribution in [0.3, 0.4) is 0 Å². The summed E-state index contributed by atoms with van der Waals surface area (Å²) in [5.74, 6) is 0. The van der Waals surface area contributed by atoms with E-state index < -0.39 is 0 Å². The highest BCUT2D eigenvalue weighted by Crippen LogP contribution is 2.51. The van der Waals surface area contributed by atoms with E-state index in [9.17, 15) is 0 Å². The lowest BCUT2D eigenvalue weighted by atomic mass is 9.82. The summed E-state index contributed by atoms with van der Waals surface area (Å²) < 4.78 is 2.32. The van der Waals surface area contributed by atoms with Crippen LogP contribution in [0.1, 0.15) is 25.0 Å². The van der Waals surface area contributed by atoms with Crippen molar-refractivity contribution in [1.29, 1.82) is 0 Å². The summed E-state index contributed by atoms with van der Waals surface area (Å²) in [7, 11) is 0. The van der Waals surface area contributed by atoms with Crippen LogP contribution in [0.15, 0.2) is 103 Å². The first-order chi connectivity index (χ1) is 14.6. The van der Waals surface area contributed by atoms with Crippen molar-refractivity contribution in [3.63, 3.8) is 0 Å². The minimum absolute atomic E-state index is 0.0371. The lowest BCUT2D eigenvalue weighted by Crippen LogP contribution is -2.14. The van der Waals surface area contributed by atoms with Gasteiger partial charge in [-0.15, -0.1) is 0 Å². The molecule has 0 saturated carbocycles. The average molecular weight is 386 g/mol. The molecule has 30 heavy (non-hydrogen) atoms. The van der Waals surface area contributed by atoms with Gasteiger partial charge in [-0.25, -0.2) is 0 Å². The first-order valence-electron chi connectivity index (χ1n) is 10.5. The maximum Gasteiger partial charge on any atom is 0.0534 e. The van der Waals surface area contributed by atoms with E-state index in [0.717, 1.165) is 0 Å². The molecule has 1 aliphatic carbocycles. The van der Waals surface area contributed by atoms with Gasteiger partial charge in [-0.2, -0.15) is 0 Å². The number of fused-ring (bicyclic) bond motifs is 5. The molecule has 144 valence electrons. The molecule has 0 unspecified atom stereocenters. The second-order valence-corrected chi connectivity index (χ2v) is 8.69. The zero-order valence-electron chi connectivity index (χ0n) is 17.3. The zero-order chi connectivity index (χ0) is 20.3. The first-order valence-corrected chi connectivity index (χ1v) is 10.5. The fraction of sp³-hybridized carbons (Fsp3) is 0.103. The Balaban J connectivity index is 1.56. The highest BCUT2D eigenvalue weighted by Gasteiger charge is 2.36. The Kier molecular flexibility index (Phi) is 3.58. The molecule has 0 atom stereocenters. The molecule has 1 aliphatic rings. The molecular weight excluding hydrogens is 362 g/mol. The third-order valence-electron chi connectivity index (χ3n) is 6.65. The summed E-state index contributed by atoms with van der Waals surface area (Å²) in [4.78, 5) is 0. The van der Waals surface area contributed by atoms with E-state index in [0.29, 0.717) is 0 Å². The molecule has 1 aromatic heterocycles. The van der Waals surface area contributed by atoms with Crippen molar-refractivity contribution >= 4 is 10.9 Å². The van der Waals surface area contributed by atoms with Crippen LogP contribution in [0.2, 0.25) is 0 Å². The third-order valence-corrected chi connectivity index (χ3v) is 6.65. The Hall–Kier alpha value is -3.58. The van der Waals surface area contributed by atoms with Crippen molar-refractivity contribution in [1.82, 2.24) is 4.57 Å². The number of rotatable bonds is 2. The lowest BCUT2D eigenvalue weighted by Gasteiger charge is -2.21. The normalized spacial score (nSPS) is 13.9. The van der Waals surface area contributed by atoms with Gasteiger partial charge in [0.2, 0.25) is 0 Å². The summed E-state index contributed by atoms with van der Waals surface area (Å²) in [6.07, 6.45) is 2.21. The minimum atomic E-state index is 0.0371. The second kappa shape index (κ2) is 6.21. The summed E-state index contributed by atoms with van der Waals surface area (Å²) in [6, 6.07) is 35.1. The summed E-state index contributed by atoms with van der Waals surface area (Å²) in [6.45, 7) is 4.67. The predicted molar refractivity (Wildman–Crippen MR) is 126 cm³/mol. The van der Waals surface area contributed by atoms with Crippen LogP contribution in [0.5, 0.6) is 0 Å². The van der Waals surface area contributed by atoms with Gasteiger partial charge in [0.25, 0.3) is 0 Å². The van der Waals surface area contributed by atoms with E-state index >= 15 is 0 Å². The largest absolute Gasteiger partial charge is 0.317 e. The standard InChI is InChI=1S/C29H23N/c1-29(2)25-14-7-6-13-23(25)28-24-17-18-30(27(24)16-15-26(28)29)22-12-8-11-21(19-22)20-9-4-3-5-10-20/h3-19H,1-2H3. The second-order valence-electron chi connectivity index (χ2n) is 8.69. The van der Waals surface area contributed by atoms with Gasteiger partial charge >= 0.3 is 0 Å². The smallest absolute Gasteiger partial charge is 0.0534 e. The van der Waals surface area contributed by atoms with Gasteiger partial charge in [0.1, 0.15) is 0 Å². The molecular formula is C29H23N. The molecule has 0 spiro atoms. The molecule has 1 nitrogen and oxygen atoms in total. The van der Waals surface area contributed by atoms with Crippen molar-refractivity contribution in [2.45, 2.75) is 19.3 Å². The topological polar surface area (TPSA) is 4.93 Å². The number of nitrogens with zero attached hydrogens (tertiary/aromatic N) is 1. The van der Waals surface area contributed by atoms with E-state index in [4.69, 9.17) is 0 Å². The fourth-order valence-electron chi connectivity index (χ4n) is 5.11. The summed E-state index contributed by atoms with van der Waals surface area (Å²) in [5, 5.41) is 1.33. The molecule has 6 rings (SSSR count). The SMILES string of the molecule is CC1(C)c2ccccc2-c2c1ccc1c2ccn1-c1cccc(-c2ccccc2)c1. The zero-order valence-corrected chi connectivity index (χ0v) is 17.3. The van der Waals surface area contributed by atoms with Gasteiger partial charge in [-0.3, -0.25) is 0 Å². The van der Waals surface area contributed by atoms with Crippen molar-refractivity contribution in [2.24, 2.45) is 0 Å². The van der Waals surface area contributed by atoms with E-state index in [-0.39, 0.29) is 5.41 Å². The van der Waals surface area contributed by atoms with Crippen molar-refractivity contribution < 1.29 is 0 Å². The van der Waals surface area contributed by atoms with Crippen LogP contribution in [-0.4, -0.2) is 4.57 Å². The van der Waals surface area contributed by atoms with Crippen LogP contribution < -0.4 is 0 Å². The van der Waals surface area contributed by atoms with Gasteiger partial charge in [-0.05, 0) is 57.6 Å². The van der Waals surface area contributed by atoms with E-state index in [1.807, 2.05) is 0 Å². The van der Waals surface area contributed by atoms with E-state index in [1.54, 1.807) is 0 Å². The molecule has 0 N–H and O–H groups in total. The molecule has 0 fully saturated rings. The van der Waals surface area contributed by atoms with Gasteiger partial charge < -0.3 is 4.57 Å². The maximum atomic E-state index is 2.34. The van der Waals surface area contributed by atoms with Crippen LogP contribution in [0.4, 0.5) is 0 Å². The molecule has 0 bridgehead atoms. The summed E-state index contributed by atoms with van der Waals surface area (Å²) in [5.41, 5.74) is 10.6. The Bertz CT molecular complexity index is 1400. The highest BCUT2D eigenvalue weighted by molar-refractivity contribution is 6.02. The Morgan fingerprint density at radius 1 is 0.633 bits per heavy atom. The highest BCUT2D eigenvalue weighted by atomic mass is 15.0. The Morgan fingerprint density at radius 3 is 2.27 bits per heavy atom. The molecule has 5 aromatic rings. The molecule has 1 heterocycles. The molecule has 0 saturated heterocycles. The number of benzene rings is 4. The Labute approximate surface area is 177 Å². The third kappa shape index (κ3) is 2.35. The minimum Gasteiger partial charge on any atom is -0.317 e. The maximum absolute atomic E-state index is 2.34. The van der Waals surface area contributed by atoms with Crippen molar-refractivity contribution in [3.8, 4) is 27.9 Å². The van der Waals surface area contributed by atoms with Gasteiger partial charge in [0, 0.05) is 22.7 Å². The lowest BCUT2D eigenvalue weighted by molar-refractivity contribution is 0.661. The molecule has 4 aromatic carbocycles. The first kappa shape index (κ1) is 17.3. The molecule has 0 radical (unpaired) electrons. The Morgan fingerprint density at radius 2 is 1.40 bits per heavy atom. The number of hydrogen-bond donors (Lipinski definition) is 0. The van der Waals surface area contributed by atoms with Crippen LogP contribution in [-0.2, 0) is 5.41 Å².